The van der Waals surface area contributed by atoms with Crippen LogP contribution in [0.1, 0.15) is 55.4 Å². The Morgan fingerprint density at radius 3 is 2.32 bits per heavy atom. The highest BCUT2D eigenvalue weighted by atomic mass is 16.5. The molecule has 0 amide bonds. The number of ether oxygens (including phenoxy) is 1. The largest absolute Gasteiger partial charge is 0.494 e. The van der Waals surface area contributed by atoms with Gasteiger partial charge in [-0.2, -0.15) is 0 Å². The van der Waals surface area contributed by atoms with Crippen molar-refractivity contribution in [2.75, 3.05) is 6.61 Å². The highest BCUT2D eigenvalue weighted by Gasteiger charge is 2.10. The molecule has 104 valence electrons. The van der Waals surface area contributed by atoms with Gasteiger partial charge in [-0.25, -0.2) is 0 Å². The third-order valence-electron chi connectivity index (χ3n) is 3.51. The molecule has 0 atom stereocenters. The molecular formula is C18H26O. The first-order chi connectivity index (χ1) is 9.11. The molecule has 0 unspecified atom stereocenters. The zero-order chi connectivity index (χ0) is 14.3. The zero-order valence-corrected chi connectivity index (χ0v) is 13.0. The molecule has 0 aliphatic heterocycles. The van der Waals surface area contributed by atoms with Gasteiger partial charge in [0.05, 0.1) is 6.61 Å². The van der Waals surface area contributed by atoms with Gasteiger partial charge < -0.3 is 4.74 Å². The maximum atomic E-state index is 5.68. The topological polar surface area (TPSA) is 9.23 Å². The third-order valence-corrected chi connectivity index (χ3v) is 3.51. The first kappa shape index (κ1) is 15.6. The monoisotopic (exact) mass is 258 g/mol. The lowest BCUT2D eigenvalue weighted by Crippen LogP contribution is -2.01. The van der Waals surface area contributed by atoms with Gasteiger partial charge in [0.1, 0.15) is 5.75 Å². The molecule has 0 saturated heterocycles. The molecule has 1 rings (SSSR count). The van der Waals surface area contributed by atoms with Crippen LogP contribution in [0.25, 0.3) is 0 Å². The average molecular weight is 258 g/mol. The van der Waals surface area contributed by atoms with E-state index >= 15 is 0 Å². The standard InChI is InChI=1S/C18H26O/c1-6-8-9-10-11-12-17-14(3)13-18(19-7-2)16(5)15(17)4/h13H,6-8,11-12H2,1-5H3. The smallest absolute Gasteiger partial charge is 0.122 e. The fraction of sp³-hybridized carbons (Fsp3) is 0.556. The molecule has 0 N–H and O–H groups in total. The summed E-state index contributed by atoms with van der Waals surface area (Å²) in [5, 5.41) is 0. The van der Waals surface area contributed by atoms with E-state index < -0.39 is 0 Å². The van der Waals surface area contributed by atoms with E-state index in [1.807, 2.05) is 6.92 Å². The van der Waals surface area contributed by atoms with Crippen LogP contribution >= 0.6 is 0 Å². The van der Waals surface area contributed by atoms with Gasteiger partial charge in [0, 0.05) is 12.8 Å². The van der Waals surface area contributed by atoms with Gasteiger partial charge in [0.25, 0.3) is 0 Å². The minimum atomic E-state index is 0.724. The molecule has 1 heteroatoms. The van der Waals surface area contributed by atoms with Crippen LogP contribution in [0, 0.1) is 32.6 Å². The second-order valence-corrected chi connectivity index (χ2v) is 4.96. The third kappa shape index (κ3) is 4.31. The van der Waals surface area contributed by atoms with E-state index in [4.69, 9.17) is 4.74 Å². The van der Waals surface area contributed by atoms with Crippen molar-refractivity contribution in [2.24, 2.45) is 0 Å². The number of unbranched alkanes of at least 4 members (excludes halogenated alkanes) is 1. The van der Waals surface area contributed by atoms with E-state index in [-0.39, 0.29) is 0 Å². The Kier molecular flexibility index (Phi) is 6.50. The molecule has 0 heterocycles. The Balaban J connectivity index is 2.85. The van der Waals surface area contributed by atoms with Crippen molar-refractivity contribution in [3.8, 4) is 17.6 Å². The summed E-state index contributed by atoms with van der Waals surface area (Å²) in [6.07, 6.45) is 4.16. The SMILES string of the molecule is CCCC#CCCc1c(C)cc(OCC)c(C)c1C. The molecule has 0 bridgehead atoms. The minimum Gasteiger partial charge on any atom is -0.494 e. The van der Waals surface area contributed by atoms with E-state index in [0.29, 0.717) is 0 Å². The quantitative estimate of drug-likeness (QED) is 0.693. The lowest BCUT2D eigenvalue weighted by molar-refractivity contribution is 0.337. The lowest BCUT2D eigenvalue weighted by Gasteiger charge is -2.16. The highest BCUT2D eigenvalue weighted by molar-refractivity contribution is 5.48. The van der Waals surface area contributed by atoms with Crippen molar-refractivity contribution in [3.05, 3.63) is 28.3 Å². The molecular weight excluding hydrogens is 232 g/mol. The molecule has 1 aromatic carbocycles. The van der Waals surface area contributed by atoms with Gasteiger partial charge in [-0.15, -0.1) is 11.8 Å². The van der Waals surface area contributed by atoms with Crippen molar-refractivity contribution in [1.29, 1.82) is 0 Å². The Hall–Kier alpha value is -1.42. The zero-order valence-electron chi connectivity index (χ0n) is 13.0. The number of benzene rings is 1. The van der Waals surface area contributed by atoms with E-state index in [2.05, 4.69) is 45.6 Å². The lowest BCUT2D eigenvalue weighted by atomic mass is 9.94. The molecule has 19 heavy (non-hydrogen) atoms. The number of aryl methyl sites for hydroxylation is 1. The van der Waals surface area contributed by atoms with Crippen LogP contribution in [-0.2, 0) is 6.42 Å². The maximum Gasteiger partial charge on any atom is 0.122 e. The van der Waals surface area contributed by atoms with E-state index in [0.717, 1.165) is 38.0 Å². The predicted molar refractivity (Wildman–Crippen MR) is 82.8 cm³/mol. The van der Waals surface area contributed by atoms with Crippen LogP contribution in [0.15, 0.2) is 6.07 Å². The molecule has 1 nitrogen and oxygen atoms in total. The van der Waals surface area contributed by atoms with Gasteiger partial charge in [-0.1, -0.05) is 6.92 Å². The highest BCUT2D eigenvalue weighted by Crippen LogP contribution is 2.28. The first-order valence-corrected chi connectivity index (χ1v) is 7.30. The maximum absolute atomic E-state index is 5.68. The summed E-state index contributed by atoms with van der Waals surface area (Å²) < 4.78 is 5.68. The van der Waals surface area contributed by atoms with Crippen LogP contribution < -0.4 is 4.74 Å². The Bertz CT molecular complexity index is 475. The molecule has 0 aromatic heterocycles. The van der Waals surface area contributed by atoms with Crippen molar-refractivity contribution < 1.29 is 4.74 Å². The molecule has 0 spiro atoms. The fourth-order valence-electron chi connectivity index (χ4n) is 2.28. The van der Waals surface area contributed by atoms with Gasteiger partial charge in [0.2, 0.25) is 0 Å². The molecule has 0 fully saturated rings. The van der Waals surface area contributed by atoms with Crippen LogP contribution in [-0.4, -0.2) is 6.61 Å². The van der Waals surface area contributed by atoms with E-state index in [9.17, 15) is 0 Å². The van der Waals surface area contributed by atoms with Gasteiger partial charge in [-0.3, -0.25) is 0 Å². The number of rotatable bonds is 5. The summed E-state index contributed by atoms with van der Waals surface area (Å²) in [6.45, 7) is 11.4. The Morgan fingerprint density at radius 2 is 1.68 bits per heavy atom. The second-order valence-electron chi connectivity index (χ2n) is 4.96. The summed E-state index contributed by atoms with van der Waals surface area (Å²) >= 11 is 0. The predicted octanol–water partition coefficient (Wildman–Crippen LogP) is 4.75. The van der Waals surface area contributed by atoms with Crippen molar-refractivity contribution >= 4 is 0 Å². The minimum absolute atomic E-state index is 0.724. The number of hydrogen-bond acceptors (Lipinski definition) is 1. The Labute approximate surface area is 118 Å². The fourth-order valence-corrected chi connectivity index (χ4v) is 2.28. The van der Waals surface area contributed by atoms with E-state index in [1.54, 1.807) is 0 Å². The second kappa shape index (κ2) is 7.89. The summed E-state index contributed by atoms with van der Waals surface area (Å²) in [5.74, 6) is 7.51. The Morgan fingerprint density at radius 1 is 1.00 bits per heavy atom. The van der Waals surface area contributed by atoms with E-state index in [1.165, 1.54) is 22.3 Å². The van der Waals surface area contributed by atoms with Gasteiger partial charge in [0.15, 0.2) is 0 Å². The molecule has 1 aromatic rings. The van der Waals surface area contributed by atoms with Crippen LogP contribution in [0.2, 0.25) is 0 Å². The normalized spacial score (nSPS) is 9.95. The van der Waals surface area contributed by atoms with Crippen LogP contribution in [0.4, 0.5) is 0 Å². The van der Waals surface area contributed by atoms with Crippen molar-refractivity contribution in [3.63, 3.8) is 0 Å². The molecule has 0 aliphatic rings. The van der Waals surface area contributed by atoms with Crippen molar-refractivity contribution in [2.45, 2.75) is 60.3 Å². The first-order valence-electron chi connectivity index (χ1n) is 7.30. The van der Waals surface area contributed by atoms with Crippen LogP contribution in [0.3, 0.4) is 0 Å². The molecule has 0 saturated carbocycles. The summed E-state index contributed by atoms with van der Waals surface area (Å²) in [4.78, 5) is 0. The average Bonchev–Trinajstić information content (AvgIpc) is 2.39. The molecule has 0 radical (unpaired) electrons. The summed E-state index contributed by atoms with van der Waals surface area (Å²) in [5.41, 5.74) is 5.39. The summed E-state index contributed by atoms with van der Waals surface area (Å²) in [6, 6.07) is 2.17. The van der Waals surface area contributed by atoms with Gasteiger partial charge in [-0.05, 0) is 68.9 Å². The number of hydrogen-bond donors (Lipinski definition) is 0. The van der Waals surface area contributed by atoms with Crippen LogP contribution in [0.5, 0.6) is 5.75 Å². The summed E-state index contributed by atoms with van der Waals surface area (Å²) in [7, 11) is 0. The van der Waals surface area contributed by atoms with Gasteiger partial charge >= 0.3 is 0 Å². The molecule has 0 aliphatic carbocycles. The van der Waals surface area contributed by atoms with Crippen molar-refractivity contribution in [1.82, 2.24) is 0 Å².